The Balaban J connectivity index is 2.09. The lowest BCUT2D eigenvalue weighted by atomic mass is 10.0. The summed E-state index contributed by atoms with van der Waals surface area (Å²) < 4.78 is 1.03. The summed E-state index contributed by atoms with van der Waals surface area (Å²) >= 11 is 9.41. The Kier molecular flexibility index (Phi) is 4.19. The van der Waals surface area contributed by atoms with Crippen LogP contribution in [0, 0.1) is 6.92 Å². The Labute approximate surface area is 115 Å². The van der Waals surface area contributed by atoms with Crippen LogP contribution >= 0.6 is 27.5 Å². The molecule has 0 bridgehead atoms. The van der Waals surface area contributed by atoms with Crippen LogP contribution in [0.25, 0.3) is 0 Å². The highest BCUT2D eigenvalue weighted by Gasteiger charge is 2.02. The summed E-state index contributed by atoms with van der Waals surface area (Å²) in [4.78, 5) is 4.34. The van der Waals surface area contributed by atoms with Crippen LogP contribution in [0.5, 0.6) is 0 Å². The predicted molar refractivity (Wildman–Crippen MR) is 75.5 cm³/mol. The van der Waals surface area contributed by atoms with Gasteiger partial charge in [0, 0.05) is 21.4 Å². The minimum Gasteiger partial charge on any atom is -0.260 e. The summed E-state index contributed by atoms with van der Waals surface area (Å²) in [5.74, 6) is 0. The van der Waals surface area contributed by atoms with Gasteiger partial charge in [0.05, 0.1) is 0 Å². The molecule has 0 N–H and O–H groups in total. The SMILES string of the molecule is Cc1ncc(Br)cc1CCc1cccc(Cl)c1. The summed E-state index contributed by atoms with van der Waals surface area (Å²) in [6.45, 7) is 2.04. The van der Waals surface area contributed by atoms with Crippen molar-refractivity contribution >= 4 is 27.5 Å². The molecule has 0 unspecified atom stereocenters. The molecule has 17 heavy (non-hydrogen) atoms. The number of nitrogens with zero attached hydrogens (tertiary/aromatic N) is 1. The maximum absolute atomic E-state index is 5.96. The Morgan fingerprint density at radius 3 is 2.82 bits per heavy atom. The van der Waals surface area contributed by atoms with E-state index >= 15 is 0 Å². The van der Waals surface area contributed by atoms with Gasteiger partial charge >= 0.3 is 0 Å². The molecular weight excluding hydrogens is 298 g/mol. The molecule has 0 amide bonds. The molecule has 3 heteroatoms. The number of aromatic nitrogens is 1. The molecular formula is C14H13BrClN. The van der Waals surface area contributed by atoms with Gasteiger partial charge in [-0.15, -0.1) is 0 Å². The van der Waals surface area contributed by atoms with E-state index in [1.54, 1.807) is 0 Å². The van der Waals surface area contributed by atoms with Crippen molar-refractivity contribution in [2.45, 2.75) is 19.8 Å². The first-order chi connectivity index (χ1) is 8.15. The van der Waals surface area contributed by atoms with Crippen LogP contribution in [0.2, 0.25) is 5.02 Å². The minimum absolute atomic E-state index is 0.798. The molecule has 0 aliphatic heterocycles. The molecule has 0 spiro atoms. The van der Waals surface area contributed by atoms with Crippen LogP contribution < -0.4 is 0 Å². The zero-order valence-corrected chi connectivity index (χ0v) is 11.9. The maximum atomic E-state index is 5.96. The first-order valence-corrected chi connectivity index (χ1v) is 6.68. The fraction of sp³-hybridized carbons (Fsp3) is 0.214. The average molecular weight is 311 g/mol. The number of hydrogen-bond acceptors (Lipinski definition) is 1. The largest absolute Gasteiger partial charge is 0.260 e. The van der Waals surface area contributed by atoms with Gasteiger partial charge in [0.2, 0.25) is 0 Å². The number of hydrogen-bond donors (Lipinski definition) is 0. The Morgan fingerprint density at radius 1 is 1.24 bits per heavy atom. The summed E-state index contributed by atoms with van der Waals surface area (Å²) in [5, 5.41) is 0.798. The lowest BCUT2D eigenvalue weighted by Crippen LogP contribution is -1.96. The fourth-order valence-corrected chi connectivity index (χ4v) is 2.37. The van der Waals surface area contributed by atoms with Crippen molar-refractivity contribution < 1.29 is 0 Å². The summed E-state index contributed by atoms with van der Waals surface area (Å²) in [5.41, 5.74) is 3.63. The molecule has 0 saturated heterocycles. The highest BCUT2D eigenvalue weighted by molar-refractivity contribution is 9.10. The van der Waals surface area contributed by atoms with Crippen molar-refractivity contribution in [1.82, 2.24) is 4.98 Å². The van der Waals surface area contributed by atoms with Crippen molar-refractivity contribution in [3.8, 4) is 0 Å². The molecule has 0 fully saturated rings. The Bertz CT molecular complexity index is 525. The number of halogens is 2. The lowest BCUT2D eigenvalue weighted by Gasteiger charge is -2.06. The van der Waals surface area contributed by atoms with Gasteiger partial charge in [-0.05, 0) is 65.0 Å². The molecule has 2 rings (SSSR count). The molecule has 1 aromatic heterocycles. The first kappa shape index (κ1) is 12.6. The molecule has 0 aliphatic rings. The topological polar surface area (TPSA) is 12.9 Å². The molecule has 88 valence electrons. The third kappa shape index (κ3) is 3.55. The zero-order valence-electron chi connectivity index (χ0n) is 9.58. The molecule has 0 aliphatic carbocycles. The van der Waals surface area contributed by atoms with E-state index in [-0.39, 0.29) is 0 Å². The first-order valence-electron chi connectivity index (χ1n) is 5.50. The second-order valence-corrected chi connectivity index (χ2v) is 5.38. The normalized spacial score (nSPS) is 10.5. The van der Waals surface area contributed by atoms with Crippen molar-refractivity contribution in [2.24, 2.45) is 0 Å². The highest BCUT2D eigenvalue weighted by atomic mass is 79.9. The number of rotatable bonds is 3. The Morgan fingerprint density at radius 2 is 2.06 bits per heavy atom. The summed E-state index contributed by atoms with van der Waals surface area (Å²) in [6, 6.07) is 10.1. The standard InChI is InChI=1S/C14H13BrClN/c1-10-12(8-13(15)9-17-10)6-5-11-3-2-4-14(16)7-11/h2-4,7-9H,5-6H2,1H3. The quantitative estimate of drug-likeness (QED) is 0.808. The number of benzene rings is 1. The van der Waals surface area contributed by atoms with E-state index in [0.29, 0.717) is 0 Å². The van der Waals surface area contributed by atoms with Crippen molar-refractivity contribution in [3.63, 3.8) is 0 Å². The smallest absolute Gasteiger partial charge is 0.0413 e. The molecule has 1 nitrogen and oxygen atoms in total. The third-order valence-electron chi connectivity index (χ3n) is 2.73. The van der Waals surface area contributed by atoms with E-state index in [0.717, 1.165) is 28.0 Å². The molecule has 1 heterocycles. The summed E-state index contributed by atoms with van der Waals surface area (Å²) in [6.07, 6.45) is 3.80. The zero-order chi connectivity index (χ0) is 12.3. The van der Waals surface area contributed by atoms with E-state index in [1.807, 2.05) is 31.3 Å². The number of aryl methyl sites for hydroxylation is 3. The van der Waals surface area contributed by atoms with E-state index in [1.165, 1.54) is 11.1 Å². The van der Waals surface area contributed by atoms with Gasteiger partial charge in [-0.25, -0.2) is 0 Å². The molecule has 0 radical (unpaired) electrons. The fourth-order valence-electron chi connectivity index (χ4n) is 1.77. The average Bonchev–Trinajstić information content (AvgIpc) is 2.30. The number of pyridine rings is 1. The van der Waals surface area contributed by atoms with E-state index in [4.69, 9.17) is 11.6 Å². The van der Waals surface area contributed by atoms with Crippen molar-refractivity contribution in [2.75, 3.05) is 0 Å². The highest BCUT2D eigenvalue weighted by Crippen LogP contribution is 2.17. The predicted octanol–water partition coefficient (Wildman–Crippen LogP) is 4.59. The van der Waals surface area contributed by atoms with Crippen LogP contribution in [0.15, 0.2) is 41.0 Å². The van der Waals surface area contributed by atoms with E-state index in [9.17, 15) is 0 Å². The monoisotopic (exact) mass is 309 g/mol. The van der Waals surface area contributed by atoms with Gasteiger partial charge in [-0.3, -0.25) is 4.98 Å². The van der Waals surface area contributed by atoms with Gasteiger partial charge in [0.1, 0.15) is 0 Å². The minimum atomic E-state index is 0.798. The molecule has 0 saturated carbocycles. The van der Waals surface area contributed by atoms with E-state index < -0.39 is 0 Å². The third-order valence-corrected chi connectivity index (χ3v) is 3.40. The second-order valence-electron chi connectivity index (χ2n) is 4.03. The second kappa shape index (κ2) is 5.65. The van der Waals surface area contributed by atoms with Gasteiger partial charge < -0.3 is 0 Å². The summed E-state index contributed by atoms with van der Waals surface area (Å²) in [7, 11) is 0. The van der Waals surface area contributed by atoms with E-state index in [2.05, 4.69) is 33.0 Å². The Hall–Kier alpha value is -0.860. The van der Waals surface area contributed by atoms with Crippen LogP contribution in [0.3, 0.4) is 0 Å². The van der Waals surface area contributed by atoms with Gasteiger partial charge in [0.25, 0.3) is 0 Å². The maximum Gasteiger partial charge on any atom is 0.0413 e. The van der Waals surface area contributed by atoms with Gasteiger partial charge in [-0.1, -0.05) is 23.7 Å². The lowest BCUT2D eigenvalue weighted by molar-refractivity contribution is 0.928. The van der Waals surface area contributed by atoms with Gasteiger partial charge in [-0.2, -0.15) is 0 Å². The van der Waals surface area contributed by atoms with Gasteiger partial charge in [0.15, 0.2) is 0 Å². The van der Waals surface area contributed by atoms with Crippen LogP contribution in [-0.2, 0) is 12.8 Å². The van der Waals surface area contributed by atoms with Crippen LogP contribution in [-0.4, -0.2) is 4.98 Å². The molecule has 2 aromatic rings. The molecule has 1 aromatic carbocycles. The van der Waals surface area contributed by atoms with Crippen molar-refractivity contribution in [3.05, 3.63) is 62.8 Å². The van der Waals surface area contributed by atoms with Crippen LogP contribution in [0.4, 0.5) is 0 Å². The molecule has 0 atom stereocenters. The van der Waals surface area contributed by atoms with Crippen LogP contribution in [0.1, 0.15) is 16.8 Å². The van der Waals surface area contributed by atoms with Crippen molar-refractivity contribution in [1.29, 1.82) is 0 Å².